The molecule has 0 N–H and O–H groups in total. The van der Waals surface area contributed by atoms with Crippen molar-refractivity contribution >= 4 is 0 Å². The van der Waals surface area contributed by atoms with Crippen molar-refractivity contribution in [3.05, 3.63) is 0 Å². The van der Waals surface area contributed by atoms with Crippen LogP contribution in [-0.2, 0) is 0 Å². The van der Waals surface area contributed by atoms with Crippen LogP contribution in [0.25, 0.3) is 0 Å². The van der Waals surface area contributed by atoms with Gasteiger partial charge in [0.1, 0.15) is 0 Å². The Morgan fingerprint density at radius 1 is 0.667 bits per heavy atom. The molecule has 0 saturated carbocycles. The fourth-order valence-electron chi connectivity index (χ4n) is 4.00. The molecule has 0 aromatic carbocycles. The van der Waals surface area contributed by atoms with Crippen molar-refractivity contribution < 1.29 is 21.5 Å². The van der Waals surface area contributed by atoms with Crippen molar-refractivity contribution in [2.45, 2.75) is 71.1 Å². The van der Waals surface area contributed by atoms with Gasteiger partial charge in [0, 0.05) is 19.6 Å². The molecule has 0 spiro atoms. The molecule has 0 aliphatic carbocycles. The molecule has 0 unspecified atom stereocenters. The van der Waals surface area contributed by atoms with E-state index in [-0.39, 0.29) is 17.0 Å². The van der Waals surface area contributed by atoms with Crippen molar-refractivity contribution in [2.24, 2.45) is 0 Å². The van der Waals surface area contributed by atoms with Crippen LogP contribution in [0.5, 0.6) is 0 Å². The molecule has 126 valence electrons. The summed E-state index contributed by atoms with van der Waals surface area (Å²) < 4.78 is 1.47. The summed E-state index contributed by atoms with van der Waals surface area (Å²) in [5, 5.41) is 0. The Kier molecular flexibility index (Phi) is 10.2. The topological polar surface area (TPSA) is 3.24 Å². The van der Waals surface area contributed by atoms with Crippen LogP contribution in [0.4, 0.5) is 0 Å². The van der Waals surface area contributed by atoms with Gasteiger partial charge < -0.3 is 21.5 Å². The summed E-state index contributed by atoms with van der Waals surface area (Å²) >= 11 is 0. The molecule has 21 heavy (non-hydrogen) atoms. The maximum atomic E-state index is 2.65. The lowest BCUT2D eigenvalue weighted by Gasteiger charge is -2.50. The zero-order chi connectivity index (χ0) is 14.1. The molecule has 0 radical (unpaired) electrons. The summed E-state index contributed by atoms with van der Waals surface area (Å²) in [7, 11) is 0. The van der Waals surface area contributed by atoms with Crippen LogP contribution in [-0.4, -0.2) is 55.2 Å². The summed E-state index contributed by atoms with van der Waals surface area (Å²) in [5.41, 5.74) is 0. The highest BCUT2D eigenvalue weighted by molar-refractivity contribution is 4.70. The van der Waals surface area contributed by atoms with E-state index in [9.17, 15) is 0 Å². The highest BCUT2D eigenvalue weighted by Gasteiger charge is 2.37. The summed E-state index contributed by atoms with van der Waals surface area (Å²) in [6.07, 6.45) is 14.7. The van der Waals surface area contributed by atoms with Gasteiger partial charge in [-0.2, -0.15) is 0 Å². The van der Waals surface area contributed by atoms with Crippen molar-refractivity contribution in [3.63, 3.8) is 0 Å². The van der Waals surface area contributed by atoms with E-state index in [0.29, 0.717) is 0 Å². The lowest BCUT2D eigenvalue weighted by atomic mass is 10.1. The number of nitrogens with zero attached hydrogens (tertiary/aromatic N) is 2. The number of quaternary nitrogens is 1. The molecule has 3 aliphatic heterocycles. The maximum Gasteiger partial charge on any atom is 0.0916 e. The molecule has 3 fully saturated rings. The normalized spacial score (nSPS) is 27.6. The number of halogens is 1. The van der Waals surface area contributed by atoms with Crippen LogP contribution in [0.2, 0.25) is 0 Å². The Morgan fingerprint density at radius 3 is 1.57 bits per heavy atom. The van der Waals surface area contributed by atoms with E-state index in [1.165, 1.54) is 115 Å². The lowest BCUT2D eigenvalue weighted by Crippen LogP contribution is -3.00. The number of unbranched alkanes of at least 4 members (excludes halogenated alkanes) is 9. The molecule has 0 atom stereocenters. The minimum atomic E-state index is 0. The van der Waals surface area contributed by atoms with Gasteiger partial charge in [0.15, 0.2) is 0 Å². The van der Waals surface area contributed by atoms with Gasteiger partial charge in [-0.1, -0.05) is 58.3 Å². The van der Waals surface area contributed by atoms with E-state index in [4.69, 9.17) is 0 Å². The van der Waals surface area contributed by atoms with E-state index in [0.717, 1.165) is 0 Å². The minimum absolute atomic E-state index is 0. The van der Waals surface area contributed by atoms with E-state index >= 15 is 0 Å². The quantitative estimate of drug-likeness (QED) is 0.393. The molecular formula is C18H37BrN2. The van der Waals surface area contributed by atoms with Gasteiger partial charge in [0.05, 0.1) is 26.2 Å². The first kappa shape index (κ1) is 19.4. The van der Waals surface area contributed by atoms with E-state index < -0.39 is 0 Å². The monoisotopic (exact) mass is 360 g/mol. The second-order valence-corrected chi connectivity index (χ2v) is 7.26. The van der Waals surface area contributed by atoms with E-state index in [2.05, 4.69) is 11.8 Å². The molecule has 3 aliphatic rings. The van der Waals surface area contributed by atoms with Crippen molar-refractivity contribution in [1.29, 1.82) is 0 Å². The zero-order valence-electron chi connectivity index (χ0n) is 14.3. The van der Waals surface area contributed by atoms with Crippen LogP contribution in [0.1, 0.15) is 71.1 Å². The number of fused-ring (bicyclic) bond motifs is 3. The third-order valence-electron chi connectivity index (χ3n) is 5.66. The van der Waals surface area contributed by atoms with E-state index in [1.54, 1.807) is 0 Å². The minimum Gasteiger partial charge on any atom is -1.00 e. The van der Waals surface area contributed by atoms with Crippen molar-refractivity contribution in [1.82, 2.24) is 4.90 Å². The second kappa shape index (κ2) is 11.0. The van der Waals surface area contributed by atoms with Crippen molar-refractivity contribution in [2.75, 3.05) is 45.8 Å². The largest absolute Gasteiger partial charge is 1.00 e. The molecule has 3 saturated heterocycles. The predicted octanol–water partition coefficient (Wildman–Crippen LogP) is 1.06. The Labute approximate surface area is 143 Å². The Balaban J connectivity index is 0.00000220. The zero-order valence-corrected chi connectivity index (χ0v) is 15.9. The average molecular weight is 361 g/mol. The molecule has 3 heteroatoms. The SMILES string of the molecule is CCCCCCCCCCCC[N+]12CCN(CC1)CC2.[Br-]. The van der Waals surface area contributed by atoms with Gasteiger partial charge in [-0.05, 0) is 12.8 Å². The van der Waals surface area contributed by atoms with Gasteiger partial charge in [0.25, 0.3) is 0 Å². The lowest BCUT2D eigenvalue weighted by molar-refractivity contribution is -0.941. The number of hydrogen-bond acceptors (Lipinski definition) is 1. The van der Waals surface area contributed by atoms with Crippen LogP contribution in [0.15, 0.2) is 0 Å². The van der Waals surface area contributed by atoms with Crippen molar-refractivity contribution in [3.8, 4) is 0 Å². The Bertz CT molecular complexity index is 236. The fraction of sp³-hybridized carbons (Fsp3) is 1.00. The summed E-state index contributed by atoms with van der Waals surface area (Å²) in [5.74, 6) is 0. The smallest absolute Gasteiger partial charge is 0.0916 e. The molecule has 0 aromatic rings. The first-order valence-corrected chi connectivity index (χ1v) is 9.42. The first-order chi connectivity index (χ1) is 9.85. The summed E-state index contributed by atoms with van der Waals surface area (Å²) in [6.45, 7) is 12.2. The summed E-state index contributed by atoms with van der Waals surface area (Å²) in [6, 6.07) is 0. The second-order valence-electron chi connectivity index (χ2n) is 7.26. The molecule has 3 heterocycles. The molecular weight excluding hydrogens is 324 g/mol. The Morgan fingerprint density at radius 2 is 1.10 bits per heavy atom. The van der Waals surface area contributed by atoms with Gasteiger partial charge >= 0.3 is 0 Å². The predicted molar refractivity (Wildman–Crippen MR) is 88.0 cm³/mol. The number of hydrogen-bond donors (Lipinski definition) is 0. The van der Waals surface area contributed by atoms with Crippen LogP contribution in [0.3, 0.4) is 0 Å². The van der Waals surface area contributed by atoms with Gasteiger partial charge in [-0.3, -0.25) is 4.90 Å². The van der Waals surface area contributed by atoms with Crippen LogP contribution >= 0.6 is 0 Å². The van der Waals surface area contributed by atoms with Gasteiger partial charge in [0.2, 0.25) is 0 Å². The number of rotatable bonds is 11. The van der Waals surface area contributed by atoms with E-state index in [1.807, 2.05) is 0 Å². The average Bonchev–Trinajstić information content (AvgIpc) is 2.51. The molecule has 3 rings (SSSR count). The molecule has 0 aromatic heterocycles. The maximum absolute atomic E-state index is 2.65. The van der Waals surface area contributed by atoms with Crippen LogP contribution in [0, 0.1) is 0 Å². The molecule has 2 nitrogen and oxygen atoms in total. The highest BCUT2D eigenvalue weighted by atomic mass is 79.9. The molecule has 2 bridgehead atoms. The van der Waals surface area contributed by atoms with Gasteiger partial charge in [-0.25, -0.2) is 0 Å². The van der Waals surface area contributed by atoms with Crippen LogP contribution < -0.4 is 17.0 Å². The molecule has 0 amide bonds. The third kappa shape index (κ3) is 7.00. The first-order valence-electron chi connectivity index (χ1n) is 9.42. The highest BCUT2D eigenvalue weighted by Crippen LogP contribution is 2.21. The number of piperazine rings is 3. The Hall–Kier alpha value is 0.400. The van der Waals surface area contributed by atoms with Gasteiger partial charge in [-0.15, -0.1) is 0 Å². The fourth-order valence-corrected chi connectivity index (χ4v) is 4.00. The third-order valence-corrected chi connectivity index (χ3v) is 5.66. The summed E-state index contributed by atoms with van der Waals surface area (Å²) in [4.78, 5) is 2.65. The standard InChI is InChI=1S/C18H37N2.BrH/c1-2-3-4-5-6-7-8-9-10-11-15-20-16-12-19(13-17-20)14-18-20;/h2-18H2,1H3;1H/q+1;/p-1.